The van der Waals surface area contributed by atoms with Gasteiger partial charge in [0.15, 0.2) is 0 Å². The standard InChI is InChI=1S/C17H25NO/c1-12-14-8-4-3-7-13(14)11-15(19-2)16(12)17(18)9-5-6-10-17/h11H,3-10,18H2,1-2H3. The molecule has 1 aromatic rings. The van der Waals surface area contributed by atoms with Gasteiger partial charge in [-0.15, -0.1) is 0 Å². The summed E-state index contributed by atoms with van der Waals surface area (Å²) < 4.78 is 5.69. The molecule has 2 aliphatic rings. The molecule has 2 aliphatic carbocycles. The molecule has 0 saturated heterocycles. The second kappa shape index (κ2) is 4.82. The summed E-state index contributed by atoms with van der Waals surface area (Å²) in [6, 6.07) is 2.27. The Hall–Kier alpha value is -1.02. The maximum Gasteiger partial charge on any atom is 0.124 e. The highest BCUT2D eigenvalue weighted by Crippen LogP contribution is 2.45. The highest BCUT2D eigenvalue weighted by Gasteiger charge is 2.36. The average Bonchev–Trinajstić information content (AvgIpc) is 2.86. The number of hydrogen-bond donors (Lipinski definition) is 1. The van der Waals surface area contributed by atoms with E-state index in [1.807, 2.05) is 0 Å². The molecule has 0 heterocycles. The Bertz CT molecular complexity index is 487. The van der Waals surface area contributed by atoms with Gasteiger partial charge in [0.2, 0.25) is 0 Å². The van der Waals surface area contributed by atoms with Crippen molar-refractivity contribution in [1.29, 1.82) is 0 Å². The lowest BCUT2D eigenvalue weighted by molar-refractivity contribution is 0.376. The SMILES string of the molecule is COc1cc2c(c(C)c1C1(N)CCCC1)CCCC2. The molecule has 2 N–H and O–H groups in total. The topological polar surface area (TPSA) is 35.2 Å². The summed E-state index contributed by atoms with van der Waals surface area (Å²) in [7, 11) is 1.78. The number of fused-ring (bicyclic) bond motifs is 1. The van der Waals surface area contributed by atoms with E-state index in [4.69, 9.17) is 10.5 Å². The van der Waals surface area contributed by atoms with Crippen LogP contribution in [0.25, 0.3) is 0 Å². The van der Waals surface area contributed by atoms with Gasteiger partial charge in [0.05, 0.1) is 7.11 Å². The zero-order chi connectivity index (χ0) is 13.5. The maximum absolute atomic E-state index is 6.71. The third-order valence-corrected chi connectivity index (χ3v) is 5.10. The Morgan fingerprint density at radius 1 is 1.11 bits per heavy atom. The van der Waals surface area contributed by atoms with Crippen molar-refractivity contribution >= 4 is 0 Å². The van der Waals surface area contributed by atoms with E-state index < -0.39 is 0 Å². The lowest BCUT2D eigenvalue weighted by Crippen LogP contribution is -2.35. The lowest BCUT2D eigenvalue weighted by Gasteiger charge is -2.31. The first kappa shape index (κ1) is 13.0. The molecular formula is C17H25NO. The van der Waals surface area contributed by atoms with E-state index in [0.29, 0.717) is 0 Å². The predicted octanol–water partition coefficient (Wildman–Crippen LogP) is 3.61. The quantitative estimate of drug-likeness (QED) is 0.880. The zero-order valence-corrected chi connectivity index (χ0v) is 12.2. The van der Waals surface area contributed by atoms with Gasteiger partial charge in [-0.25, -0.2) is 0 Å². The molecule has 0 unspecified atom stereocenters. The van der Waals surface area contributed by atoms with Crippen LogP contribution in [0, 0.1) is 6.92 Å². The first-order chi connectivity index (χ1) is 9.15. The summed E-state index contributed by atoms with van der Waals surface area (Å²) >= 11 is 0. The number of ether oxygens (including phenoxy) is 1. The summed E-state index contributed by atoms with van der Waals surface area (Å²) in [6.45, 7) is 2.26. The van der Waals surface area contributed by atoms with Crippen LogP contribution in [0.3, 0.4) is 0 Å². The smallest absolute Gasteiger partial charge is 0.124 e. The largest absolute Gasteiger partial charge is 0.496 e. The Labute approximate surface area is 116 Å². The molecule has 0 radical (unpaired) electrons. The van der Waals surface area contributed by atoms with Crippen LogP contribution in [-0.4, -0.2) is 7.11 Å². The van der Waals surface area contributed by atoms with Crippen molar-refractivity contribution < 1.29 is 4.74 Å². The third-order valence-electron chi connectivity index (χ3n) is 5.10. The average molecular weight is 259 g/mol. The van der Waals surface area contributed by atoms with Gasteiger partial charge in [-0.2, -0.15) is 0 Å². The molecule has 1 fully saturated rings. The van der Waals surface area contributed by atoms with Gasteiger partial charge in [-0.3, -0.25) is 0 Å². The van der Waals surface area contributed by atoms with Crippen molar-refractivity contribution in [3.63, 3.8) is 0 Å². The molecule has 104 valence electrons. The van der Waals surface area contributed by atoms with Crippen molar-refractivity contribution in [3.05, 3.63) is 28.3 Å². The van der Waals surface area contributed by atoms with Gasteiger partial charge in [0.1, 0.15) is 5.75 Å². The Morgan fingerprint density at radius 3 is 2.47 bits per heavy atom. The number of benzene rings is 1. The summed E-state index contributed by atoms with van der Waals surface area (Å²) in [5.41, 5.74) is 12.3. The third kappa shape index (κ3) is 2.06. The number of rotatable bonds is 2. The van der Waals surface area contributed by atoms with Crippen molar-refractivity contribution in [1.82, 2.24) is 0 Å². The number of hydrogen-bond acceptors (Lipinski definition) is 2. The van der Waals surface area contributed by atoms with E-state index in [9.17, 15) is 0 Å². The molecule has 1 saturated carbocycles. The predicted molar refractivity (Wildman–Crippen MR) is 78.7 cm³/mol. The first-order valence-corrected chi connectivity index (χ1v) is 7.64. The monoisotopic (exact) mass is 259 g/mol. The van der Waals surface area contributed by atoms with Crippen LogP contribution >= 0.6 is 0 Å². The molecule has 0 bridgehead atoms. The van der Waals surface area contributed by atoms with Crippen LogP contribution < -0.4 is 10.5 Å². The summed E-state index contributed by atoms with van der Waals surface area (Å²) in [5, 5.41) is 0. The number of methoxy groups -OCH3 is 1. The molecule has 19 heavy (non-hydrogen) atoms. The van der Waals surface area contributed by atoms with E-state index >= 15 is 0 Å². The van der Waals surface area contributed by atoms with E-state index in [0.717, 1.165) is 18.6 Å². The van der Waals surface area contributed by atoms with Crippen molar-refractivity contribution in [3.8, 4) is 5.75 Å². The minimum atomic E-state index is -0.151. The van der Waals surface area contributed by atoms with Gasteiger partial charge >= 0.3 is 0 Å². The summed E-state index contributed by atoms with van der Waals surface area (Å²) in [6.07, 6.45) is 9.73. The van der Waals surface area contributed by atoms with Crippen LogP contribution in [0.4, 0.5) is 0 Å². The van der Waals surface area contributed by atoms with Gasteiger partial charge in [-0.1, -0.05) is 12.8 Å². The first-order valence-electron chi connectivity index (χ1n) is 7.64. The summed E-state index contributed by atoms with van der Waals surface area (Å²) in [4.78, 5) is 0. The van der Waals surface area contributed by atoms with Gasteiger partial charge in [0.25, 0.3) is 0 Å². The number of nitrogens with two attached hydrogens (primary N) is 1. The Morgan fingerprint density at radius 2 is 1.79 bits per heavy atom. The van der Waals surface area contributed by atoms with Crippen LogP contribution in [-0.2, 0) is 18.4 Å². The van der Waals surface area contributed by atoms with Crippen molar-refractivity contribution in [2.24, 2.45) is 5.73 Å². The van der Waals surface area contributed by atoms with Crippen LogP contribution in [0.15, 0.2) is 6.07 Å². The molecule has 1 aromatic carbocycles. The maximum atomic E-state index is 6.71. The molecule has 3 rings (SSSR count). The molecule has 0 spiro atoms. The highest BCUT2D eigenvalue weighted by molar-refractivity contribution is 5.53. The minimum absolute atomic E-state index is 0.151. The Kier molecular flexibility index (Phi) is 3.30. The number of aryl methyl sites for hydroxylation is 1. The van der Waals surface area contributed by atoms with Gasteiger partial charge in [0, 0.05) is 11.1 Å². The van der Waals surface area contributed by atoms with Gasteiger partial charge in [-0.05, 0) is 68.2 Å². The molecular weight excluding hydrogens is 234 g/mol. The molecule has 0 atom stereocenters. The van der Waals surface area contributed by atoms with E-state index in [1.165, 1.54) is 55.2 Å². The second-order valence-corrected chi connectivity index (χ2v) is 6.29. The van der Waals surface area contributed by atoms with E-state index in [-0.39, 0.29) is 5.54 Å². The second-order valence-electron chi connectivity index (χ2n) is 6.29. The molecule has 0 aliphatic heterocycles. The Balaban J connectivity index is 2.17. The van der Waals surface area contributed by atoms with Crippen molar-refractivity contribution in [2.75, 3.05) is 7.11 Å². The fraction of sp³-hybridized carbons (Fsp3) is 0.647. The van der Waals surface area contributed by atoms with E-state index in [1.54, 1.807) is 12.7 Å². The molecule has 0 amide bonds. The van der Waals surface area contributed by atoms with Crippen LogP contribution in [0.1, 0.15) is 60.8 Å². The molecule has 0 aromatic heterocycles. The fourth-order valence-corrected chi connectivity index (χ4v) is 4.12. The van der Waals surface area contributed by atoms with Crippen LogP contribution in [0.5, 0.6) is 5.75 Å². The summed E-state index contributed by atoms with van der Waals surface area (Å²) in [5.74, 6) is 1.03. The van der Waals surface area contributed by atoms with Crippen LogP contribution in [0.2, 0.25) is 0 Å². The molecule has 2 heteroatoms. The lowest BCUT2D eigenvalue weighted by atomic mass is 9.79. The van der Waals surface area contributed by atoms with E-state index in [2.05, 4.69) is 13.0 Å². The van der Waals surface area contributed by atoms with Gasteiger partial charge < -0.3 is 10.5 Å². The van der Waals surface area contributed by atoms with Crippen molar-refractivity contribution in [2.45, 2.75) is 63.8 Å². The normalized spacial score (nSPS) is 21.2. The zero-order valence-electron chi connectivity index (χ0n) is 12.2. The highest BCUT2D eigenvalue weighted by atomic mass is 16.5. The fourth-order valence-electron chi connectivity index (χ4n) is 4.12. The minimum Gasteiger partial charge on any atom is -0.496 e. The molecule has 2 nitrogen and oxygen atoms in total.